The lowest BCUT2D eigenvalue weighted by molar-refractivity contribution is 0.840. The second kappa shape index (κ2) is 4.50. The summed E-state index contributed by atoms with van der Waals surface area (Å²) in [6.07, 6.45) is 2.70. The summed E-state index contributed by atoms with van der Waals surface area (Å²) in [5, 5.41) is 4.25. The van der Waals surface area contributed by atoms with Gasteiger partial charge in [0.1, 0.15) is 12.0 Å². The largest absolute Gasteiger partial charge is 0.399 e. The molecule has 0 amide bonds. The van der Waals surface area contributed by atoms with E-state index in [2.05, 4.69) is 20.1 Å². The SMILES string of the molecule is Nc1cccc(-c2ncn(-c3nc[nH]c(=O)c3N)n2)c1. The van der Waals surface area contributed by atoms with E-state index in [9.17, 15) is 4.79 Å². The number of nitrogen functional groups attached to an aromatic ring is 2. The summed E-state index contributed by atoms with van der Waals surface area (Å²) < 4.78 is 1.35. The fourth-order valence-corrected chi connectivity index (χ4v) is 1.76. The van der Waals surface area contributed by atoms with Crippen LogP contribution in [0.2, 0.25) is 0 Å². The molecule has 0 spiro atoms. The third-order valence-electron chi connectivity index (χ3n) is 2.72. The monoisotopic (exact) mass is 269 g/mol. The topological polar surface area (TPSA) is 128 Å². The molecule has 3 aromatic rings. The highest BCUT2D eigenvalue weighted by atomic mass is 16.1. The van der Waals surface area contributed by atoms with Crippen molar-refractivity contribution in [2.24, 2.45) is 0 Å². The molecule has 2 heterocycles. The molecule has 0 aliphatic heterocycles. The Morgan fingerprint density at radius 2 is 2.05 bits per heavy atom. The van der Waals surface area contributed by atoms with Crippen molar-refractivity contribution in [1.29, 1.82) is 0 Å². The number of nitrogens with one attached hydrogen (secondary N) is 1. The van der Waals surface area contributed by atoms with E-state index in [1.54, 1.807) is 12.1 Å². The Labute approximate surface area is 113 Å². The lowest BCUT2D eigenvalue weighted by Crippen LogP contribution is -2.16. The standard InChI is InChI=1S/C12H11N7O/c13-8-3-1-2-7(4-8)10-17-6-19(18-10)11-9(14)12(20)16-5-15-11/h1-6H,13-14H2,(H,15,16,20). The third-order valence-corrected chi connectivity index (χ3v) is 2.72. The molecule has 1 aromatic carbocycles. The quantitative estimate of drug-likeness (QED) is 0.569. The number of benzene rings is 1. The zero-order valence-corrected chi connectivity index (χ0v) is 10.3. The minimum atomic E-state index is -0.420. The molecule has 0 saturated heterocycles. The maximum absolute atomic E-state index is 11.4. The Morgan fingerprint density at radius 3 is 2.85 bits per heavy atom. The summed E-state index contributed by atoms with van der Waals surface area (Å²) in [7, 11) is 0. The highest BCUT2D eigenvalue weighted by Gasteiger charge is 2.10. The fraction of sp³-hybridized carbons (Fsp3) is 0. The molecular weight excluding hydrogens is 258 g/mol. The van der Waals surface area contributed by atoms with E-state index in [4.69, 9.17) is 11.5 Å². The number of rotatable bonds is 2. The lowest BCUT2D eigenvalue weighted by Gasteiger charge is -2.01. The van der Waals surface area contributed by atoms with Crippen molar-refractivity contribution < 1.29 is 0 Å². The average molecular weight is 269 g/mol. The van der Waals surface area contributed by atoms with Gasteiger partial charge < -0.3 is 16.5 Å². The van der Waals surface area contributed by atoms with Gasteiger partial charge in [-0.05, 0) is 12.1 Å². The Hall–Kier alpha value is -3.16. The average Bonchev–Trinajstić information content (AvgIpc) is 2.91. The van der Waals surface area contributed by atoms with Crippen molar-refractivity contribution in [3.63, 3.8) is 0 Å². The van der Waals surface area contributed by atoms with Crippen molar-refractivity contribution in [3.05, 3.63) is 47.3 Å². The van der Waals surface area contributed by atoms with Gasteiger partial charge in [0.25, 0.3) is 5.56 Å². The van der Waals surface area contributed by atoms with Gasteiger partial charge in [0.2, 0.25) is 0 Å². The number of hydrogen-bond donors (Lipinski definition) is 3. The maximum atomic E-state index is 11.4. The fourth-order valence-electron chi connectivity index (χ4n) is 1.76. The van der Waals surface area contributed by atoms with Crippen molar-refractivity contribution in [2.45, 2.75) is 0 Å². The predicted octanol–water partition coefficient (Wildman–Crippen LogP) is 0.182. The van der Waals surface area contributed by atoms with Crippen LogP contribution in [0.25, 0.3) is 17.2 Å². The highest BCUT2D eigenvalue weighted by molar-refractivity contribution is 5.61. The van der Waals surface area contributed by atoms with Gasteiger partial charge in [-0.3, -0.25) is 4.79 Å². The molecule has 20 heavy (non-hydrogen) atoms. The molecule has 0 aliphatic carbocycles. The summed E-state index contributed by atoms with van der Waals surface area (Å²) >= 11 is 0. The number of anilines is 2. The van der Waals surface area contributed by atoms with Crippen LogP contribution in [-0.2, 0) is 0 Å². The van der Waals surface area contributed by atoms with Crippen LogP contribution in [0.1, 0.15) is 0 Å². The van der Waals surface area contributed by atoms with E-state index in [-0.39, 0.29) is 11.5 Å². The molecule has 8 nitrogen and oxygen atoms in total. The molecular formula is C12H11N7O. The first-order chi connectivity index (χ1) is 9.65. The van der Waals surface area contributed by atoms with E-state index in [1.807, 2.05) is 12.1 Å². The van der Waals surface area contributed by atoms with E-state index in [0.29, 0.717) is 11.5 Å². The molecule has 0 atom stereocenters. The van der Waals surface area contributed by atoms with Crippen LogP contribution < -0.4 is 17.0 Å². The van der Waals surface area contributed by atoms with Gasteiger partial charge in [0.15, 0.2) is 11.6 Å². The number of nitrogens with zero attached hydrogens (tertiary/aromatic N) is 4. The molecule has 8 heteroatoms. The van der Waals surface area contributed by atoms with E-state index < -0.39 is 5.56 Å². The molecule has 3 rings (SSSR count). The van der Waals surface area contributed by atoms with Crippen molar-refractivity contribution in [1.82, 2.24) is 24.7 Å². The summed E-state index contributed by atoms with van der Waals surface area (Å²) in [4.78, 5) is 22.0. The van der Waals surface area contributed by atoms with Crippen molar-refractivity contribution in [3.8, 4) is 17.2 Å². The summed E-state index contributed by atoms with van der Waals surface area (Å²) in [5.74, 6) is 0.704. The number of aromatic amines is 1. The molecule has 2 aromatic heterocycles. The summed E-state index contributed by atoms with van der Waals surface area (Å²) in [6.45, 7) is 0. The smallest absolute Gasteiger partial charge is 0.276 e. The number of nitrogens with two attached hydrogens (primary N) is 2. The first-order valence-electron chi connectivity index (χ1n) is 5.76. The van der Waals surface area contributed by atoms with Gasteiger partial charge in [0.05, 0.1) is 6.33 Å². The van der Waals surface area contributed by atoms with Gasteiger partial charge in [-0.15, -0.1) is 5.10 Å². The Kier molecular flexibility index (Phi) is 2.68. The third kappa shape index (κ3) is 1.99. The molecule has 0 radical (unpaired) electrons. The second-order valence-electron chi connectivity index (χ2n) is 4.11. The van der Waals surface area contributed by atoms with Gasteiger partial charge in [-0.2, -0.15) is 4.68 Å². The van der Waals surface area contributed by atoms with Gasteiger partial charge in [0, 0.05) is 11.3 Å². The van der Waals surface area contributed by atoms with E-state index in [0.717, 1.165) is 5.56 Å². The van der Waals surface area contributed by atoms with Crippen LogP contribution in [0.15, 0.2) is 41.7 Å². The zero-order valence-electron chi connectivity index (χ0n) is 10.3. The van der Waals surface area contributed by atoms with Crippen molar-refractivity contribution in [2.75, 3.05) is 11.5 Å². The molecule has 0 fully saturated rings. The van der Waals surface area contributed by atoms with Gasteiger partial charge >= 0.3 is 0 Å². The Bertz CT molecular complexity index is 820. The van der Waals surface area contributed by atoms with Crippen molar-refractivity contribution >= 4 is 11.4 Å². The second-order valence-corrected chi connectivity index (χ2v) is 4.11. The lowest BCUT2D eigenvalue weighted by atomic mass is 10.2. The van der Waals surface area contributed by atoms with Crippen LogP contribution >= 0.6 is 0 Å². The molecule has 0 unspecified atom stereocenters. The molecule has 0 saturated carbocycles. The van der Waals surface area contributed by atoms with E-state index in [1.165, 1.54) is 17.3 Å². The first-order valence-corrected chi connectivity index (χ1v) is 5.76. The summed E-state index contributed by atoms with van der Waals surface area (Å²) in [6, 6.07) is 7.18. The normalized spacial score (nSPS) is 10.6. The maximum Gasteiger partial charge on any atom is 0.276 e. The van der Waals surface area contributed by atoms with Crippen LogP contribution in [0.3, 0.4) is 0 Å². The van der Waals surface area contributed by atoms with Crippen LogP contribution in [0.5, 0.6) is 0 Å². The number of aromatic nitrogens is 5. The van der Waals surface area contributed by atoms with Gasteiger partial charge in [-0.25, -0.2) is 9.97 Å². The molecule has 0 aliphatic rings. The predicted molar refractivity (Wildman–Crippen MR) is 74.0 cm³/mol. The molecule has 0 bridgehead atoms. The number of hydrogen-bond acceptors (Lipinski definition) is 6. The van der Waals surface area contributed by atoms with Crippen LogP contribution in [0.4, 0.5) is 11.4 Å². The Morgan fingerprint density at radius 1 is 1.20 bits per heavy atom. The van der Waals surface area contributed by atoms with Crippen LogP contribution in [0, 0.1) is 0 Å². The highest BCUT2D eigenvalue weighted by Crippen LogP contribution is 2.18. The van der Waals surface area contributed by atoms with Gasteiger partial charge in [-0.1, -0.05) is 12.1 Å². The molecule has 100 valence electrons. The van der Waals surface area contributed by atoms with Crippen LogP contribution in [-0.4, -0.2) is 24.7 Å². The minimum Gasteiger partial charge on any atom is -0.399 e. The Balaban J connectivity index is 2.07. The van der Waals surface area contributed by atoms with E-state index >= 15 is 0 Å². The summed E-state index contributed by atoms with van der Waals surface area (Å²) in [5.41, 5.74) is 12.3. The first kappa shape index (κ1) is 11.9. The molecule has 5 N–H and O–H groups in total. The number of H-pyrrole nitrogens is 1. The minimum absolute atomic E-state index is 0.0171. The zero-order chi connectivity index (χ0) is 14.1.